The molecule has 2 aromatic rings. The molecule has 29 heavy (non-hydrogen) atoms. The van der Waals surface area contributed by atoms with E-state index in [4.69, 9.17) is 0 Å². The maximum atomic E-state index is 12.9. The van der Waals surface area contributed by atoms with Gasteiger partial charge in [0, 0.05) is 17.1 Å². The summed E-state index contributed by atoms with van der Waals surface area (Å²) in [6, 6.07) is 7.81. The van der Waals surface area contributed by atoms with Gasteiger partial charge in [-0.2, -0.15) is 17.5 Å². The topological polar surface area (TPSA) is 75.7 Å². The molecule has 1 aromatic heterocycles. The van der Waals surface area contributed by atoms with Gasteiger partial charge in [-0.25, -0.2) is 8.42 Å². The highest BCUT2D eigenvalue weighted by molar-refractivity contribution is 7.91. The monoisotopic (exact) mass is 448 g/mol. The van der Waals surface area contributed by atoms with Crippen LogP contribution in [0.3, 0.4) is 0 Å². The molecule has 0 unspecified atom stereocenters. The van der Waals surface area contributed by atoms with E-state index in [0.29, 0.717) is 18.5 Å². The average Bonchev–Trinajstić information content (AvgIpc) is 3.30. The maximum absolute atomic E-state index is 12.9. The highest BCUT2D eigenvalue weighted by Gasteiger charge is 2.40. The number of hydrogen-bond acceptors (Lipinski definition) is 5. The van der Waals surface area contributed by atoms with Crippen LogP contribution in [0, 0.1) is 6.92 Å². The molecule has 1 aliphatic rings. The third-order valence-corrected chi connectivity index (χ3v) is 7.69. The summed E-state index contributed by atoms with van der Waals surface area (Å²) in [4.78, 5) is 13.5. The summed E-state index contributed by atoms with van der Waals surface area (Å²) in [7, 11) is -3.77. The minimum absolute atomic E-state index is 0.0125. The molecule has 1 aliphatic heterocycles. The van der Waals surface area contributed by atoms with Crippen molar-refractivity contribution >= 4 is 33.0 Å². The lowest BCUT2D eigenvalue weighted by atomic mass is 10.2. The lowest BCUT2D eigenvalue weighted by Crippen LogP contribution is -2.42. The van der Waals surface area contributed by atoms with Crippen LogP contribution in [0.4, 0.5) is 18.9 Å². The number of sulfonamides is 1. The fourth-order valence-electron chi connectivity index (χ4n) is 2.98. The van der Waals surface area contributed by atoms with Gasteiger partial charge in [-0.3, -0.25) is 4.79 Å². The normalized spacial score (nSPS) is 18.0. The second-order valence-electron chi connectivity index (χ2n) is 6.56. The lowest BCUT2D eigenvalue weighted by Gasteiger charge is -2.22. The van der Waals surface area contributed by atoms with Gasteiger partial charge in [0.25, 0.3) is 10.0 Å². The van der Waals surface area contributed by atoms with Gasteiger partial charge >= 0.3 is 6.18 Å². The van der Waals surface area contributed by atoms with E-state index in [9.17, 15) is 26.4 Å². The van der Waals surface area contributed by atoms with Crippen molar-refractivity contribution in [3.05, 3.63) is 41.3 Å². The molecular weight excluding hydrogens is 429 g/mol. The van der Waals surface area contributed by atoms with Crippen LogP contribution in [0.25, 0.3) is 0 Å². The van der Waals surface area contributed by atoms with Gasteiger partial charge in [-0.1, -0.05) is 0 Å². The number of nitrogens with one attached hydrogen (secondary N) is 1. The van der Waals surface area contributed by atoms with Gasteiger partial charge in [0.1, 0.15) is 16.0 Å². The van der Waals surface area contributed by atoms with Crippen molar-refractivity contribution in [3.63, 3.8) is 0 Å². The van der Waals surface area contributed by atoms with E-state index in [2.05, 4.69) is 10.1 Å². The van der Waals surface area contributed by atoms with E-state index >= 15 is 0 Å². The molecule has 1 aromatic carbocycles. The Bertz CT molecular complexity index is 972. The average molecular weight is 448 g/mol. The first-order valence-electron chi connectivity index (χ1n) is 8.75. The predicted molar refractivity (Wildman–Crippen MR) is 103 cm³/mol. The zero-order valence-electron chi connectivity index (χ0n) is 15.4. The van der Waals surface area contributed by atoms with Crippen molar-refractivity contribution in [3.8, 4) is 5.75 Å². The molecule has 1 fully saturated rings. The Morgan fingerprint density at radius 1 is 1.24 bits per heavy atom. The first-order chi connectivity index (χ1) is 13.6. The summed E-state index contributed by atoms with van der Waals surface area (Å²) in [5.74, 6) is -0.471. The van der Waals surface area contributed by atoms with Crippen molar-refractivity contribution in [1.29, 1.82) is 0 Å². The molecule has 1 saturated heterocycles. The highest BCUT2D eigenvalue weighted by Crippen LogP contribution is 2.31. The second kappa shape index (κ2) is 8.33. The molecular formula is C18H19F3N2O4S2. The maximum Gasteiger partial charge on any atom is 0.422 e. The van der Waals surface area contributed by atoms with Crippen molar-refractivity contribution in [2.24, 2.45) is 0 Å². The number of alkyl halides is 3. The Labute approximate surface area is 170 Å². The smallest absolute Gasteiger partial charge is 0.422 e. The number of nitrogens with zero attached hydrogens (tertiary/aromatic N) is 1. The first-order valence-corrected chi connectivity index (χ1v) is 11.0. The van der Waals surface area contributed by atoms with Crippen LogP contribution < -0.4 is 10.1 Å². The molecule has 0 radical (unpaired) electrons. The SMILES string of the molecule is Cc1ccc(S(=O)(=O)N2CCC[C@H]2C(=O)Nc2ccc(OCC(F)(F)F)cc2)s1. The van der Waals surface area contributed by atoms with Gasteiger partial charge in [0.05, 0.1) is 0 Å². The Hall–Kier alpha value is -2.11. The third kappa shape index (κ3) is 5.28. The Morgan fingerprint density at radius 3 is 2.52 bits per heavy atom. The molecule has 0 aliphatic carbocycles. The number of carbonyl (C=O) groups excluding carboxylic acids is 1. The van der Waals surface area contributed by atoms with E-state index in [0.717, 1.165) is 16.2 Å². The summed E-state index contributed by atoms with van der Waals surface area (Å²) in [5, 5.41) is 2.62. The zero-order valence-corrected chi connectivity index (χ0v) is 17.0. The number of benzene rings is 1. The van der Waals surface area contributed by atoms with Crippen LogP contribution in [0.5, 0.6) is 5.75 Å². The van der Waals surface area contributed by atoms with Crippen molar-refractivity contribution in [2.45, 2.75) is 36.2 Å². The van der Waals surface area contributed by atoms with Crippen molar-refractivity contribution in [1.82, 2.24) is 4.31 Å². The van der Waals surface area contributed by atoms with Crippen LogP contribution in [0.2, 0.25) is 0 Å². The predicted octanol–water partition coefficient (Wildman–Crippen LogP) is 3.79. The van der Waals surface area contributed by atoms with Gasteiger partial charge in [0.15, 0.2) is 6.61 Å². The number of hydrogen-bond donors (Lipinski definition) is 1. The van der Waals surface area contributed by atoms with Gasteiger partial charge in [0.2, 0.25) is 5.91 Å². The largest absolute Gasteiger partial charge is 0.484 e. The van der Waals surface area contributed by atoms with Gasteiger partial charge in [-0.05, 0) is 56.2 Å². The van der Waals surface area contributed by atoms with E-state index in [1.807, 2.05) is 0 Å². The Kier molecular flexibility index (Phi) is 6.20. The third-order valence-electron chi connectivity index (χ3n) is 4.31. The minimum Gasteiger partial charge on any atom is -0.484 e. The van der Waals surface area contributed by atoms with E-state index in [1.54, 1.807) is 13.0 Å². The fourth-order valence-corrected chi connectivity index (χ4v) is 6.05. The van der Waals surface area contributed by atoms with Crippen LogP contribution in [0.1, 0.15) is 17.7 Å². The molecule has 0 bridgehead atoms. The van der Waals surface area contributed by atoms with Gasteiger partial charge < -0.3 is 10.1 Å². The van der Waals surface area contributed by atoms with Crippen LogP contribution >= 0.6 is 11.3 Å². The number of ether oxygens (including phenoxy) is 1. The second-order valence-corrected chi connectivity index (χ2v) is 9.96. The molecule has 158 valence electrons. The molecule has 0 saturated carbocycles. The standard InChI is InChI=1S/C18H19F3N2O4S2/c1-12-4-9-16(28-12)29(25,26)23-10-2-3-15(23)17(24)22-13-5-7-14(8-6-13)27-11-18(19,20)21/h4-9,15H,2-3,10-11H2,1H3,(H,22,24)/t15-/m0/s1. The minimum atomic E-state index is -4.44. The molecule has 11 heteroatoms. The summed E-state index contributed by atoms with van der Waals surface area (Å²) < 4.78 is 68.3. The Balaban J connectivity index is 1.67. The van der Waals surface area contributed by atoms with Gasteiger partial charge in [-0.15, -0.1) is 11.3 Å². The molecule has 6 nitrogen and oxygen atoms in total. The quantitative estimate of drug-likeness (QED) is 0.730. The number of anilines is 1. The van der Waals surface area contributed by atoms with E-state index < -0.39 is 34.8 Å². The fraction of sp³-hybridized carbons (Fsp3) is 0.389. The van der Waals surface area contributed by atoms with E-state index in [1.165, 1.54) is 34.6 Å². The summed E-state index contributed by atoms with van der Waals surface area (Å²) >= 11 is 1.15. The summed E-state index contributed by atoms with van der Waals surface area (Å²) in [6.07, 6.45) is -3.49. The number of aryl methyl sites for hydroxylation is 1. The summed E-state index contributed by atoms with van der Waals surface area (Å²) in [5.41, 5.74) is 0.338. The Morgan fingerprint density at radius 2 is 1.93 bits per heavy atom. The molecule has 1 atom stereocenters. The lowest BCUT2D eigenvalue weighted by molar-refractivity contribution is -0.153. The highest BCUT2D eigenvalue weighted by atomic mass is 32.2. The number of rotatable bonds is 6. The number of halogens is 3. The molecule has 1 amide bonds. The summed E-state index contributed by atoms with van der Waals surface area (Å²) in [6.45, 7) is 0.650. The first kappa shape index (κ1) is 21.6. The zero-order chi connectivity index (χ0) is 21.2. The number of thiophene rings is 1. The number of carbonyl (C=O) groups is 1. The molecule has 3 rings (SSSR count). The van der Waals surface area contributed by atoms with Crippen LogP contribution in [-0.2, 0) is 14.8 Å². The van der Waals surface area contributed by atoms with Crippen LogP contribution in [-0.4, -0.2) is 44.0 Å². The van der Waals surface area contributed by atoms with Crippen molar-refractivity contribution in [2.75, 3.05) is 18.5 Å². The van der Waals surface area contributed by atoms with Crippen LogP contribution in [0.15, 0.2) is 40.6 Å². The number of amides is 1. The van der Waals surface area contributed by atoms with E-state index in [-0.39, 0.29) is 16.5 Å². The molecule has 1 N–H and O–H groups in total. The molecule has 2 heterocycles. The van der Waals surface area contributed by atoms with Crippen molar-refractivity contribution < 1.29 is 31.1 Å². The molecule has 0 spiro atoms.